The number of rotatable bonds is 8. The number of hydrogen-bond donors (Lipinski definition) is 1. The van der Waals surface area contributed by atoms with E-state index in [1.165, 1.54) is 30.3 Å². The molecular weight excluding hydrogens is 456 g/mol. The van der Waals surface area contributed by atoms with E-state index in [9.17, 15) is 22.8 Å². The fourth-order valence-electron chi connectivity index (χ4n) is 3.27. The first kappa shape index (κ1) is 23.7. The SMILES string of the molecule is CC[C@@H](C)[C@@H](NC(=O)c1ccc(Cl)cc1)C(=O)OCCN1C(=O)c2ccccc2S1(=O)=O. The van der Waals surface area contributed by atoms with Crippen LogP contribution >= 0.6 is 11.6 Å². The van der Waals surface area contributed by atoms with Crippen LogP contribution in [-0.2, 0) is 19.6 Å². The summed E-state index contributed by atoms with van der Waals surface area (Å²) in [4.78, 5) is 37.6. The van der Waals surface area contributed by atoms with Gasteiger partial charge in [0.25, 0.3) is 21.8 Å². The van der Waals surface area contributed by atoms with E-state index in [4.69, 9.17) is 16.3 Å². The van der Waals surface area contributed by atoms with Crippen LogP contribution in [0.5, 0.6) is 0 Å². The lowest BCUT2D eigenvalue weighted by Gasteiger charge is -2.23. The molecule has 0 bridgehead atoms. The summed E-state index contributed by atoms with van der Waals surface area (Å²) in [6.45, 7) is 3.01. The molecule has 0 unspecified atom stereocenters. The summed E-state index contributed by atoms with van der Waals surface area (Å²) in [6, 6.07) is 11.2. The first-order chi connectivity index (χ1) is 15.2. The number of nitrogens with one attached hydrogen (secondary N) is 1. The average molecular weight is 479 g/mol. The van der Waals surface area contributed by atoms with E-state index in [2.05, 4.69) is 5.32 Å². The summed E-state index contributed by atoms with van der Waals surface area (Å²) in [5, 5.41) is 3.15. The summed E-state index contributed by atoms with van der Waals surface area (Å²) in [6.07, 6.45) is 0.592. The highest BCUT2D eigenvalue weighted by atomic mass is 35.5. The van der Waals surface area contributed by atoms with Gasteiger partial charge in [-0.3, -0.25) is 9.59 Å². The van der Waals surface area contributed by atoms with Gasteiger partial charge in [0.2, 0.25) is 0 Å². The molecule has 1 N–H and O–H groups in total. The van der Waals surface area contributed by atoms with Crippen molar-refractivity contribution in [2.75, 3.05) is 13.2 Å². The molecule has 0 aromatic heterocycles. The maximum atomic E-state index is 12.7. The second-order valence-corrected chi connectivity index (χ2v) is 9.66. The zero-order chi connectivity index (χ0) is 23.5. The van der Waals surface area contributed by atoms with E-state index < -0.39 is 33.8 Å². The molecule has 0 fully saturated rings. The highest BCUT2D eigenvalue weighted by molar-refractivity contribution is 7.90. The number of fused-ring (bicyclic) bond motifs is 1. The zero-order valence-corrected chi connectivity index (χ0v) is 19.2. The van der Waals surface area contributed by atoms with Crippen LogP contribution in [0.3, 0.4) is 0 Å². The number of amides is 2. The van der Waals surface area contributed by atoms with E-state index >= 15 is 0 Å². The number of sulfonamides is 1. The van der Waals surface area contributed by atoms with Crippen LogP contribution in [0.25, 0.3) is 0 Å². The van der Waals surface area contributed by atoms with Crippen molar-refractivity contribution in [3.8, 4) is 0 Å². The average Bonchev–Trinajstić information content (AvgIpc) is 2.97. The second kappa shape index (κ2) is 9.70. The molecule has 0 spiro atoms. The van der Waals surface area contributed by atoms with E-state index in [1.807, 2.05) is 6.92 Å². The standard InChI is InChI=1S/C22H23ClN2O6S/c1-3-14(2)19(24-20(26)15-8-10-16(23)11-9-15)22(28)31-13-12-25-21(27)17-6-4-5-7-18(17)32(25,29)30/h4-11,14,19H,3,12-13H2,1-2H3,(H,24,26)/t14-,19-/m1/s1. The number of halogens is 1. The maximum absolute atomic E-state index is 12.7. The lowest BCUT2D eigenvalue weighted by atomic mass is 9.99. The molecule has 3 rings (SSSR count). The van der Waals surface area contributed by atoms with Crippen LogP contribution in [0.2, 0.25) is 5.02 Å². The van der Waals surface area contributed by atoms with Crippen LogP contribution in [0.4, 0.5) is 0 Å². The summed E-state index contributed by atoms with van der Waals surface area (Å²) < 4.78 is 31.1. The molecule has 0 saturated carbocycles. The highest BCUT2D eigenvalue weighted by Crippen LogP contribution is 2.29. The van der Waals surface area contributed by atoms with Crippen molar-refractivity contribution in [2.24, 2.45) is 5.92 Å². The quantitative estimate of drug-likeness (QED) is 0.584. The Morgan fingerprint density at radius 2 is 1.78 bits per heavy atom. The Balaban J connectivity index is 1.64. The van der Waals surface area contributed by atoms with Gasteiger partial charge in [-0.05, 0) is 42.3 Å². The fourth-order valence-corrected chi connectivity index (χ4v) is 4.94. The Kier molecular flexibility index (Phi) is 7.20. The van der Waals surface area contributed by atoms with Crippen LogP contribution < -0.4 is 5.32 Å². The van der Waals surface area contributed by atoms with E-state index in [-0.39, 0.29) is 29.5 Å². The molecule has 32 heavy (non-hydrogen) atoms. The third kappa shape index (κ3) is 4.78. The molecule has 1 heterocycles. The van der Waals surface area contributed by atoms with Crippen LogP contribution in [0.15, 0.2) is 53.4 Å². The van der Waals surface area contributed by atoms with Gasteiger partial charge in [0.05, 0.1) is 12.1 Å². The number of ether oxygens (including phenoxy) is 1. The van der Waals surface area contributed by atoms with Gasteiger partial charge in [-0.15, -0.1) is 0 Å². The smallest absolute Gasteiger partial charge is 0.328 e. The van der Waals surface area contributed by atoms with E-state index in [0.29, 0.717) is 21.3 Å². The molecule has 10 heteroatoms. The third-order valence-corrected chi connectivity index (χ3v) is 7.40. The van der Waals surface area contributed by atoms with Crippen molar-refractivity contribution in [3.63, 3.8) is 0 Å². The van der Waals surface area contributed by atoms with Crippen molar-refractivity contribution in [2.45, 2.75) is 31.2 Å². The summed E-state index contributed by atoms with van der Waals surface area (Å²) in [7, 11) is -3.98. The molecule has 0 radical (unpaired) electrons. The molecule has 2 aromatic carbocycles. The summed E-state index contributed by atoms with van der Waals surface area (Å²) >= 11 is 5.84. The number of hydrogen-bond acceptors (Lipinski definition) is 6. The molecule has 170 valence electrons. The minimum atomic E-state index is -3.98. The first-order valence-electron chi connectivity index (χ1n) is 10.1. The largest absolute Gasteiger partial charge is 0.462 e. The monoisotopic (exact) mass is 478 g/mol. The number of benzene rings is 2. The second-order valence-electron chi connectivity index (χ2n) is 7.39. The molecule has 8 nitrogen and oxygen atoms in total. The van der Waals surface area contributed by atoms with Gasteiger partial charge in [-0.1, -0.05) is 44.0 Å². The van der Waals surface area contributed by atoms with Crippen molar-refractivity contribution >= 4 is 39.4 Å². The number of carbonyl (C=O) groups is 3. The molecule has 2 atom stereocenters. The number of nitrogens with zero attached hydrogens (tertiary/aromatic N) is 1. The van der Waals surface area contributed by atoms with Crippen LogP contribution in [0.1, 0.15) is 41.0 Å². The van der Waals surface area contributed by atoms with Crippen molar-refractivity contribution in [1.82, 2.24) is 9.62 Å². The molecule has 0 aliphatic carbocycles. The van der Waals surface area contributed by atoms with Crippen LogP contribution in [0, 0.1) is 5.92 Å². The Labute approximate surface area is 191 Å². The molecule has 2 amide bonds. The Hall–Kier alpha value is -2.91. The van der Waals surface area contributed by atoms with Gasteiger partial charge in [0.15, 0.2) is 0 Å². The Morgan fingerprint density at radius 1 is 1.12 bits per heavy atom. The fraction of sp³-hybridized carbons (Fsp3) is 0.318. The molecule has 1 aliphatic heterocycles. The number of esters is 1. The van der Waals surface area contributed by atoms with Gasteiger partial charge in [-0.2, -0.15) is 0 Å². The molecular formula is C22H23ClN2O6S. The van der Waals surface area contributed by atoms with Gasteiger partial charge in [0.1, 0.15) is 17.5 Å². The predicted molar refractivity (Wildman–Crippen MR) is 118 cm³/mol. The van der Waals surface area contributed by atoms with Crippen molar-refractivity contribution in [3.05, 3.63) is 64.7 Å². The minimum Gasteiger partial charge on any atom is -0.462 e. The van der Waals surface area contributed by atoms with Crippen LogP contribution in [-0.4, -0.2) is 49.7 Å². The van der Waals surface area contributed by atoms with Crippen molar-refractivity contribution < 1.29 is 27.5 Å². The highest BCUT2D eigenvalue weighted by Gasteiger charge is 2.40. The summed E-state index contributed by atoms with van der Waals surface area (Å²) in [5.74, 6) is -2.06. The van der Waals surface area contributed by atoms with Gasteiger partial charge in [0, 0.05) is 10.6 Å². The normalized spacial score (nSPS) is 16.2. The first-order valence-corrected chi connectivity index (χ1v) is 11.9. The van der Waals surface area contributed by atoms with Gasteiger partial charge >= 0.3 is 5.97 Å². The topological polar surface area (TPSA) is 110 Å². The van der Waals surface area contributed by atoms with Crippen molar-refractivity contribution in [1.29, 1.82) is 0 Å². The molecule has 0 saturated heterocycles. The van der Waals surface area contributed by atoms with Gasteiger partial charge in [-0.25, -0.2) is 17.5 Å². The Morgan fingerprint density at radius 3 is 2.41 bits per heavy atom. The summed E-state index contributed by atoms with van der Waals surface area (Å²) in [5.41, 5.74) is 0.425. The van der Waals surface area contributed by atoms with Gasteiger partial charge < -0.3 is 10.1 Å². The molecule has 2 aromatic rings. The lowest BCUT2D eigenvalue weighted by molar-refractivity contribution is -0.147. The maximum Gasteiger partial charge on any atom is 0.328 e. The lowest BCUT2D eigenvalue weighted by Crippen LogP contribution is -2.46. The van der Waals surface area contributed by atoms with E-state index in [1.54, 1.807) is 25.1 Å². The minimum absolute atomic E-state index is 0.0657. The third-order valence-electron chi connectivity index (χ3n) is 5.31. The molecule has 1 aliphatic rings. The predicted octanol–water partition coefficient (Wildman–Crippen LogP) is 2.87. The zero-order valence-electron chi connectivity index (χ0n) is 17.6. The number of carbonyl (C=O) groups excluding carboxylic acids is 3. The van der Waals surface area contributed by atoms with E-state index in [0.717, 1.165) is 0 Å². The Bertz CT molecular complexity index is 1130.